The topological polar surface area (TPSA) is 50.8 Å². The van der Waals surface area contributed by atoms with Gasteiger partial charge in [0.25, 0.3) is 0 Å². The highest BCUT2D eigenvalue weighted by Crippen LogP contribution is 2.39. The van der Waals surface area contributed by atoms with E-state index in [1.165, 1.54) is 0 Å². The molecule has 2 heterocycles. The summed E-state index contributed by atoms with van der Waals surface area (Å²) in [7, 11) is 0. The van der Waals surface area contributed by atoms with Crippen LogP contribution in [-0.2, 0) is 11.3 Å². The van der Waals surface area contributed by atoms with Gasteiger partial charge in [-0.05, 0) is 53.4 Å². The molecule has 1 aromatic rings. The Bertz CT molecular complexity index is 544. The minimum atomic E-state index is -0.174. The van der Waals surface area contributed by atoms with Crippen LogP contribution in [0.5, 0.6) is 11.5 Å². The summed E-state index contributed by atoms with van der Waals surface area (Å²) >= 11 is 3.48. The third-order valence-electron chi connectivity index (χ3n) is 3.89. The Morgan fingerprint density at radius 3 is 2.90 bits per heavy atom. The Hall–Kier alpha value is -1.27. The van der Waals surface area contributed by atoms with Gasteiger partial charge in [-0.3, -0.25) is 4.79 Å². The number of amides is 1. The fourth-order valence-electron chi connectivity index (χ4n) is 2.69. The lowest BCUT2D eigenvalue weighted by Crippen LogP contribution is -2.43. The van der Waals surface area contributed by atoms with Crippen molar-refractivity contribution in [3.05, 3.63) is 22.2 Å². The van der Waals surface area contributed by atoms with E-state index >= 15 is 0 Å². The predicted molar refractivity (Wildman–Crippen MR) is 82.4 cm³/mol. The molecule has 0 radical (unpaired) electrons. The Morgan fingerprint density at radius 2 is 2.14 bits per heavy atom. The van der Waals surface area contributed by atoms with E-state index in [1.807, 2.05) is 24.0 Å². The number of rotatable bonds is 4. The molecule has 0 aromatic heterocycles. The first-order valence-electron chi connectivity index (χ1n) is 7.25. The van der Waals surface area contributed by atoms with E-state index in [4.69, 9.17) is 9.47 Å². The van der Waals surface area contributed by atoms with Gasteiger partial charge in [0.15, 0.2) is 11.5 Å². The molecule has 1 unspecified atom stereocenters. The maximum Gasteiger partial charge on any atom is 0.239 e. The fraction of sp³-hybridized carbons (Fsp3) is 0.533. The summed E-state index contributed by atoms with van der Waals surface area (Å²) in [6.45, 7) is 4.58. The Labute approximate surface area is 132 Å². The van der Waals surface area contributed by atoms with Gasteiger partial charge in [-0.25, -0.2) is 0 Å². The lowest BCUT2D eigenvalue weighted by molar-refractivity contribution is -0.131. The van der Waals surface area contributed by atoms with Crippen molar-refractivity contribution in [1.82, 2.24) is 10.2 Å². The molecule has 2 aliphatic heterocycles. The average Bonchev–Trinajstić information content (AvgIpc) is 3.14. The lowest BCUT2D eigenvalue weighted by Gasteiger charge is -2.21. The first kappa shape index (κ1) is 14.7. The number of likely N-dealkylation sites (tertiary alicyclic amines) is 1. The largest absolute Gasteiger partial charge is 0.454 e. The second kappa shape index (κ2) is 6.23. The molecule has 0 spiro atoms. The SMILES string of the molecule is CC(NCc1cc(Br)c2c(c1)OCO2)C(=O)N1CCCC1. The number of nitrogens with zero attached hydrogens (tertiary/aromatic N) is 1. The highest BCUT2D eigenvalue weighted by molar-refractivity contribution is 9.10. The van der Waals surface area contributed by atoms with Crippen LogP contribution >= 0.6 is 15.9 Å². The maximum absolute atomic E-state index is 12.2. The molecule has 0 aliphatic carbocycles. The zero-order chi connectivity index (χ0) is 14.8. The Kier molecular flexibility index (Phi) is 4.35. The fourth-order valence-corrected chi connectivity index (χ4v) is 3.30. The number of halogens is 1. The highest BCUT2D eigenvalue weighted by Gasteiger charge is 2.23. The second-order valence-corrected chi connectivity index (χ2v) is 6.30. The number of ether oxygens (including phenoxy) is 2. The molecular weight excluding hydrogens is 336 g/mol. The third-order valence-corrected chi connectivity index (χ3v) is 4.48. The predicted octanol–water partition coefficient (Wildman–Crippen LogP) is 2.28. The number of carbonyl (C=O) groups is 1. The normalized spacial score (nSPS) is 18.1. The lowest BCUT2D eigenvalue weighted by atomic mass is 10.2. The van der Waals surface area contributed by atoms with Gasteiger partial charge in [-0.15, -0.1) is 0 Å². The van der Waals surface area contributed by atoms with Crippen LogP contribution in [0.2, 0.25) is 0 Å². The second-order valence-electron chi connectivity index (χ2n) is 5.45. The van der Waals surface area contributed by atoms with Crippen LogP contribution in [0.3, 0.4) is 0 Å². The zero-order valence-corrected chi connectivity index (χ0v) is 13.6. The van der Waals surface area contributed by atoms with E-state index < -0.39 is 0 Å². The van der Waals surface area contributed by atoms with Crippen LogP contribution in [0, 0.1) is 0 Å². The molecule has 1 fully saturated rings. The minimum absolute atomic E-state index is 0.174. The smallest absolute Gasteiger partial charge is 0.239 e. The van der Waals surface area contributed by atoms with Crippen molar-refractivity contribution < 1.29 is 14.3 Å². The molecule has 0 saturated carbocycles. The van der Waals surface area contributed by atoms with Crippen LogP contribution < -0.4 is 14.8 Å². The number of benzene rings is 1. The standard InChI is InChI=1S/C15H19BrN2O3/c1-10(15(19)18-4-2-3-5-18)17-8-11-6-12(16)14-13(7-11)20-9-21-14/h6-7,10,17H,2-5,8-9H2,1H3. The van der Waals surface area contributed by atoms with Crippen molar-refractivity contribution in [2.24, 2.45) is 0 Å². The molecule has 1 amide bonds. The van der Waals surface area contributed by atoms with Crippen molar-refractivity contribution in [3.8, 4) is 11.5 Å². The number of hydrogen-bond donors (Lipinski definition) is 1. The van der Waals surface area contributed by atoms with Crippen molar-refractivity contribution in [3.63, 3.8) is 0 Å². The van der Waals surface area contributed by atoms with Crippen molar-refractivity contribution >= 4 is 21.8 Å². The van der Waals surface area contributed by atoms with Gasteiger partial charge >= 0.3 is 0 Å². The van der Waals surface area contributed by atoms with Crippen LogP contribution in [-0.4, -0.2) is 36.7 Å². The third kappa shape index (κ3) is 3.16. The molecule has 21 heavy (non-hydrogen) atoms. The van der Waals surface area contributed by atoms with Crippen LogP contribution in [0.1, 0.15) is 25.3 Å². The molecule has 1 atom stereocenters. The first-order chi connectivity index (χ1) is 10.1. The van der Waals surface area contributed by atoms with E-state index in [9.17, 15) is 4.79 Å². The summed E-state index contributed by atoms with van der Waals surface area (Å²) in [6.07, 6.45) is 2.24. The molecule has 1 N–H and O–H groups in total. The molecule has 3 rings (SSSR count). The Balaban J connectivity index is 1.59. The molecule has 114 valence electrons. The van der Waals surface area contributed by atoms with Gasteiger partial charge < -0.3 is 19.7 Å². The minimum Gasteiger partial charge on any atom is -0.454 e. The molecule has 6 heteroatoms. The van der Waals surface area contributed by atoms with Gasteiger partial charge in [0.05, 0.1) is 10.5 Å². The van der Waals surface area contributed by atoms with Crippen LogP contribution in [0.25, 0.3) is 0 Å². The molecule has 1 saturated heterocycles. The van der Waals surface area contributed by atoms with E-state index in [-0.39, 0.29) is 18.7 Å². The number of carbonyl (C=O) groups excluding carboxylic acids is 1. The average molecular weight is 355 g/mol. The molecule has 5 nitrogen and oxygen atoms in total. The van der Waals surface area contributed by atoms with Gasteiger partial charge in [-0.1, -0.05) is 0 Å². The van der Waals surface area contributed by atoms with E-state index in [1.54, 1.807) is 0 Å². The molecule has 0 bridgehead atoms. The maximum atomic E-state index is 12.2. The van der Waals surface area contributed by atoms with Gasteiger partial charge in [-0.2, -0.15) is 0 Å². The van der Waals surface area contributed by atoms with Crippen molar-refractivity contribution in [1.29, 1.82) is 0 Å². The summed E-state index contributed by atoms with van der Waals surface area (Å²) in [5, 5.41) is 3.29. The molecule has 2 aliphatic rings. The van der Waals surface area contributed by atoms with E-state index in [0.29, 0.717) is 6.54 Å². The summed E-state index contributed by atoms with van der Waals surface area (Å²) in [6, 6.07) is 3.77. The first-order valence-corrected chi connectivity index (χ1v) is 8.04. The molecule has 1 aromatic carbocycles. The van der Waals surface area contributed by atoms with Crippen LogP contribution in [0.4, 0.5) is 0 Å². The highest BCUT2D eigenvalue weighted by atomic mass is 79.9. The number of fused-ring (bicyclic) bond motifs is 1. The monoisotopic (exact) mass is 354 g/mol. The number of hydrogen-bond acceptors (Lipinski definition) is 4. The van der Waals surface area contributed by atoms with E-state index in [2.05, 4.69) is 21.2 Å². The van der Waals surface area contributed by atoms with Gasteiger partial charge in [0.1, 0.15) is 0 Å². The van der Waals surface area contributed by atoms with Gasteiger partial charge in [0, 0.05) is 19.6 Å². The summed E-state index contributed by atoms with van der Waals surface area (Å²) < 4.78 is 11.6. The quantitative estimate of drug-likeness (QED) is 0.901. The number of nitrogens with one attached hydrogen (secondary N) is 1. The van der Waals surface area contributed by atoms with Crippen molar-refractivity contribution in [2.75, 3.05) is 19.9 Å². The van der Waals surface area contributed by atoms with Crippen molar-refractivity contribution in [2.45, 2.75) is 32.4 Å². The summed E-state index contributed by atoms with van der Waals surface area (Å²) in [5.74, 6) is 1.69. The van der Waals surface area contributed by atoms with E-state index in [0.717, 1.165) is 47.5 Å². The Morgan fingerprint density at radius 1 is 1.38 bits per heavy atom. The summed E-state index contributed by atoms with van der Waals surface area (Å²) in [4.78, 5) is 14.2. The van der Waals surface area contributed by atoms with Gasteiger partial charge in [0.2, 0.25) is 12.7 Å². The van der Waals surface area contributed by atoms with Crippen LogP contribution in [0.15, 0.2) is 16.6 Å². The molecular formula is C15H19BrN2O3. The zero-order valence-electron chi connectivity index (χ0n) is 12.0. The summed E-state index contributed by atoms with van der Waals surface area (Å²) in [5.41, 5.74) is 1.06.